The Kier molecular flexibility index (Phi) is 1.85. The number of fused-ring (bicyclic) bond motifs is 1. The summed E-state index contributed by atoms with van der Waals surface area (Å²) in [6, 6.07) is 3.79. The predicted molar refractivity (Wildman–Crippen MR) is 50.1 cm³/mol. The fraction of sp³-hybridized carbons (Fsp3) is 0. The molecule has 0 radical (unpaired) electrons. The van der Waals surface area contributed by atoms with Crippen LogP contribution in [0, 0.1) is 15.2 Å². The van der Waals surface area contributed by atoms with E-state index in [1.165, 1.54) is 12.1 Å². The molecule has 1 aromatic carbocycles. The lowest BCUT2D eigenvalue weighted by Gasteiger charge is -1.95. The van der Waals surface area contributed by atoms with Crippen molar-refractivity contribution in [2.45, 2.75) is 0 Å². The van der Waals surface area contributed by atoms with Crippen molar-refractivity contribution in [2.24, 2.45) is 0 Å². The van der Waals surface area contributed by atoms with Gasteiger partial charge in [-0.3, -0.25) is 10.1 Å². The molecule has 0 unspecified atom stereocenters. The van der Waals surface area contributed by atoms with Gasteiger partial charge in [-0.1, -0.05) is 0 Å². The van der Waals surface area contributed by atoms with E-state index in [0.717, 1.165) is 6.07 Å². The molecule has 0 saturated carbocycles. The number of halogens is 1. The van der Waals surface area contributed by atoms with Gasteiger partial charge >= 0.3 is 5.69 Å². The zero-order chi connectivity index (χ0) is 10.3. The zero-order valence-corrected chi connectivity index (χ0v) is 7.55. The SMILES string of the molecule is O=[N+]([O-])c1ccc2cc(F)sc2c1O. The predicted octanol–water partition coefficient (Wildman–Crippen LogP) is 2.65. The molecule has 1 aromatic heterocycles. The first kappa shape index (κ1) is 8.89. The Hall–Kier alpha value is -1.69. The molecule has 0 amide bonds. The van der Waals surface area contributed by atoms with Crippen LogP contribution in [-0.4, -0.2) is 10.0 Å². The van der Waals surface area contributed by atoms with E-state index < -0.39 is 21.5 Å². The number of aromatic hydroxyl groups is 1. The highest BCUT2D eigenvalue weighted by molar-refractivity contribution is 7.18. The summed E-state index contributed by atoms with van der Waals surface area (Å²) in [5, 5.41) is 19.9. The van der Waals surface area contributed by atoms with Gasteiger partial charge in [0.15, 0.2) is 5.13 Å². The first-order valence-electron chi connectivity index (χ1n) is 3.65. The standard InChI is InChI=1S/C8H4FNO3S/c9-6-3-4-1-2-5(10(12)13)7(11)8(4)14-6/h1-3,11H. The third-order valence-electron chi connectivity index (χ3n) is 1.81. The van der Waals surface area contributed by atoms with Crippen molar-refractivity contribution in [3.05, 3.63) is 33.4 Å². The summed E-state index contributed by atoms with van der Waals surface area (Å²) in [7, 11) is 0. The van der Waals surface area contributed by atoms with E-state index in [1.54, 1.807) is 0 Å². The first-order chi connectivity index (χ1) is 6.59. The fourth-order valence-corrected chi connectivity index (χ4v) is 2.02. The van der Waals surface area contributed by atoms with E-state index in [9.17, 15) is 19.6 Å². The average molecular weight is 213 g/mol. The van der Waals surface area contributed by atoms with Gasteiger partial charge in [0.25, 0.3) is 0 Å². The van der Waals surface area contributed by atoms with Crippen molar-refractivity contribution in [2.75, 3.05) is 0 Å². The van der Waals surface area contributed by atoms with E-state index in [4.69, 9.17) is 0 Å². The summed E-state index contributed by atoms with van der Waals surface area (Å²) in [5.41, 5.74) is -0.403. The van der Waals surface area contributed by atoms with Crippen LogP contribution in [0.3, 0.4) is 0 Å². The van der Waals surface area contributed by atoms with Gasteiger partial charge in [-0.25, -0.2) is 0 Å². The molecule has 0 fully saturated rings. The normalized spacial score (nSPS) is 10.6. The molecule has 0 bridgehead atoms. The number of nitrogens with zero attached hydrogens (tertiary/aromatic N) is 1. The lowest BCUT2D eigenvalue weighted by molar-refractivity contribution is -0.385. The summed E-state index contributed by atoms with van der Waals surface area (Å²) < 4.78 is 13.0. The van der Waals surface area contributed by atoms with Crippen LogP contribution in [0.25, 0.3) is 10.1 Å². The van der Waals surface area contributed by atoms with E-state index in [0.29, 0.717) is 16.7 Å². The Morgan fingerprint density at radius 3 is 2.86 bits per heavy atom. The molecule has 1 heterocycles. The van der Waals surface area contributed by atoms with Crippen LogP contribution in [0.1, 0.15) is 0 Å². The van der Waals surface area contributed by atoms with Crippen molar-refractivity contribution in [3.8, 4) is 5.75 Å². The van der Waals surface area contributed by atoms with Crippen molar-refractivity contribution >= 4 is 27.1 Å². The van der Waals surface area contributed by atoms with Crippen LogP contribution in [0.15, 0.2) is 18.2 Å². The number of phenols is 1. The second-order valence-electron chi connectivity index (χ2n) is 2.66. The molecule has 0 spiro atoms. The molecule has 0 atom stereocenters. The van der Waals surface area contributed by atoms with E-state index in [-0.39, 0.29) is 4.70 Å². The summed E-state index contributed by atoms with van der Waals surface area (Å²) in [5.74, 6) is -0.471. The number of benzene rings is 1. The maximum Gasteiger partial charge on any atom is 0.312 e. The largest absolute Gasteiger partial charge is 0.501 e. The summed E-state index contributed by atoms with van der Waals surface area (Å²) >= 11 is 0.689. The Balaban J connectivity index is 2.80. The van der Waals surface area contributed by atoms with Gasteiger partial charge in [-0.15, -0.1) is 11.3 Å². The lowest BCUT2D eigenvalue weighted by Crippen LogP contribution is -1.87. The summed E-state index contributed by atoms with van der Waals surface area (Å²) in [6.45, 7) is 0. The highest BCUT2D eigenvalue weighted by atomic mass is 32.1. The van der Waals surface area contributed by atoms with Crippen LogP contribution < -0.4 is 0 Å². The van der Waals surface area contributed by atoms with Crippen molar-refractivity contribution in [1.82, 2.24) is 0 Å². The topological polar surface area (TPSA) is 63.4 Å². The number of hydrogen-bond donors (Lipinski definition) is 1. The minimum Gasteiger partial charge on any atom is -0.501 e. The number of rotatable bonds is 1. The molecule has 0 aliphatic heterocycles. The smallest absolute Gasteiger partial charge is 0.312 e. The van der Waals surface area contributed by atoms with Crippen LogP contribution in [-0.2, 0) is 0 Å². The van der Waals surface area contributed by atoms with Crippen LogP contribution >= 0.6 is 11.3 Å². The number of nitro groups is 1. The van der Waals surface area contributed by atoms with E-state index in [1.807, 2.05) is 0 Å². The Bertz CT molecular complexity index is 523. The quantitative estimate of drug-likeness (QED) is 0.585. The molecule has 14 heavy (non-hydrogen) atoms. The number of hydrogen-bond acceptors (Lipinski definition) is 4. The highest BCUT2D eigenvalue weighted by Crippen LogP contribution is 2.38. The number of thiophene rings is 1. The Labute approximate surface area is 81.4 Å². The number of nitro benzene ring substituents is 1. The molecule has 0 aliphatic rings. The molecule has 6 heteroatoms. The third-order valence-corrected chi connectivity index (χ3v) is 2.75. The van der Waals surface area contributed by atoms with Crippen molar-refractivity contribution < 1.29 is 14.4 Å². The van der Waals surface area contributed by atoms with Crippen LogP contribution in [0.2, 0.25) is 0 Å². The molecule has 72 valence electrons. The van der Waals surface area contributed by atoms with Gasteiger partial charge in [-0.2, -0.15) is 4.39 Å². The molecule has 0 saturated heterocycles. The first-order valence-corrected chi connectivity index (χ1v) is 4.46. The minimum absolute atomic E-state index is 0.205. The maximum atomic E-state index is 12.8. The lowest BCUT2D eigenvalue weighted by atomic mass is 10.2. The molecule has 4 nitrogen and oxygen atoms in total. The minimum atomic E-state index is -0.702. The van der Waals surface area contributed by atoms with Gasteiger partial charge in [0.1, 0.15) is 0 Å². The van der Waals surface area contributed by atoms with Gasteiger partial charge in [0.05, 0.1) is 9.62 Å². The summed E-state index contributed by atoms with van der Waals surface area (Å²) in [6.07, 6.45) is 0. The van der Waals surface area contributed by atoms with Crippen LogP contribution in [0.4, 0.5) is 10.1 Å². The van der Waals surface area contributed by atoms with Crippen LogP contribution in [0.5, 0.6) is 5.75 Å². The molecular formula is C8H4FNO3S. The van der Waals surface area contributed by atoms with Gasteiger partial charge in [-0.05, 0) is 17.5 Å². The maximum absolute atomic E-state index is 12.8. The van der Waals surface area contributed by atoms with Gasteiger partial charge < -0.3 is 5.11 Å². The molecule has 1 N–H and O–H groups in total. The monoisotopic (exact) mass is 213 g/mol. The second kappa shape index (κ2) is 2.91. The van der Waals surface area contributed by atoms with Gasteiger partial charge in [0, 0.05) is 6.07 Å². The Morgan fingerprint density at radius 2 is 2.21 bits per heavy atom. The highest BCUT2D eigenvalue weighted by Gasteiger charge is 2.17. The molecule has 2 rings (SSSR count). The van der Waals surface area contributed by atoms with E-state index in [2.05, 4.69) is 0 Å². The third kappa shape index (κ3) is 1.20. The molecular weight excluding hydrogens is 209 g/mol. The average Bonchev–Trinajstić information content (AvgIpc) is 2.46. The zero-order valence-electron chi connectivity index (χ0n) is 6.73. The van der Waals surface area contributed by atoms with Crippen molar-refractivity contribution in [1.29, 1.82) is 0 Å². The van der Waals surface area contributed by atoms with Crippen molar-refractivity contribution in [3.63, 3.8) is 0 Å². The second-order valence-corrected chi connectivity index (χ2v) is 3.66. The van der Waals surface area contributed by atoms with Gasteiger partial charge in [0.2, 0.25) is 5.75 Å². The Morgan fingerprint density at radius 1 is 1.50 bits per heavy atom. The summed E-state index contributed by atoms with van der Waals surface area (Å²) in [4.78, 5) is 9.73. The molecule has 2 aromatic rings. The molecule has 0 aliphatic carbocycles. The fourth-order valence-electron chi connectivity index (χ4n) is 1.19. The van der Waals surface area contributed by atoms with E-state index >= 15 is 0 Å². The number of phenolic OH excluding ortho intramolecular Hbond substituents is 1.